The Hall–Kier alpha value is -2.67. The molecule has 1 aromatic carbocycles. The van der Waals surface area contributed by atoms with Crippen LogP contribution in [0, 0.1) is 13.8 Å². The molecule has 0 aliphatic rings. The molecule has 0 radical (unpaired) electrons. The highest BCUT2D eigenvalue weighted by Gasteiger charge is 2.13. The van der Waals surface area contributed by atoms with Crippen LogP contribution in [0.4, 0.5) is 0 Å². The lowest BCUT2D eigenvalue weighted by Gasteiger charge is -2.09. The van der Waals surface area contributed by atoms with Crippen LogP contribution >= 0.6 is 11.3 Å². The summed E-state index contributed by atoms with van der Waals surface area (Å²) in [6, 6.07) is 9.39. The standard InChI is InChI=1S/C18H19N3O3S/c1-12-13(2)25-17-16(12)18(23)21(11-20-17)10-15(22)19-8-9-24-14-6-4-3-5-7-14/h3-7,11H,8-10H2,1-2H3,(H,19,22). The minimum atomic E-state index is -0.246. The predicted octanol–water partition coefficient (Wildman–Crippen LogP) is 2.27. The number of para-hydroxylation sites is 1. The van der Waals surface area contributed by atoms with Crippen molar-refractivity contribution in [2.75, 3.05) is 13.2 Å². The van der Waals surface area contributed by atoms with Gasteiger partial charge >= 0.3 is 0 Å². The van der Waals surface area contributed by atoms with Crippen molar-refractivity contribution in [1.29, 1.82) is 0 Å². The molecule has 0 saturated carbocycles. The Kier molecular flexibility index (Phi) is 5.14. The van der Waals surface area contributed by atoms with Crippen LogP contribution in [0.15, 0.2) is 41.5 Å². The highest BCUT2D eigenvalue weighted by Crippen LogP contribution is 2.25. The molecule has 7 heteroatoms. The van der Waals surface area contributed by atoms with Crippen LogP contribution in [0.5, 0.6) is 5.75 Å². The number of ether oxygens (including phenoxy) is 1. The number of amides is 1. The highest BCUT2D eigenvalue weighted by molar-refractivity contribution is 7.18. The van der Waals surface area contributed by atoms with E-state index in [0.717, 1.165) is 16.2 Å². The molecular weight excluding hydrogens is 338 g/mol. The minimum Gasteiger partial charge on any atom is -0.492 e. The number of benzene rings is 1. The molecule has 0 spiro atoms. The number of aryl methyl sites for hydroxylation is 2. The van der Waals surface area contributed by atoms with Crippen molar-refractivity contribution < 1.29 is 9.53 Å². The summed E-state index contributed by atoms with van der Waals surface area (Å²) in [6.07, 6.45) is 1.43. The highest BCUT2D eigenvalue weighted by atomic mass is 32.1. The molecule has 0 saturated heterocycles. The van der Waals surface area contributed by atoms with Crippen LogP contribution < -0.4 is 15.6 Å². The molecular formula is C18H19N3O3S. The van der Waals surface area contributed by atoms with Gasteiger partial charge in [0.1, 0.15) is 23.7 Å². The fourth-order valence-corrected chi connectivity index (χ4v) is 3.46. The number of rotatable bonds is 6. The molecule has 0 unspecified atom stereocenters. The smallest absolute Gasteiger partial charge is 0.262 e. The molecule has 0 aliphatic carbocycles. The van der Waals surface area contributed by atoms with Gasteiger partial charge in [-0.2, -0.15) is 0 Å². The lowest BCUT2D eigenvalue weighted by molar-refractivity contribution is -0.121. The summed E-state index contributed by atoms with van der Waals surface area (Å²) < 4.78 is 6.85. The van der Waals surface area contributed by atoms with E-state index in [0.29, 0.717) is 23.4 Å². The first-order valence-electron chi connectivity index (χ1n) is 7.96. The Labute approximate surface area is 149 Å². The van der Waals surface area contributed by atoms with Crippen LogP contribution in [-0.4, -0.2) is 28.6 Å². The normalized spacial score (nSPS) is 10.8. The second kappa shape index (κ2) is 7.48. The molecule has 0 aliphatic heterocycles. The molecule has 25 heavy (non-hydrogen) atoms. The van der Waals surface area contributed by atoms with Crippen LogP contribution in [0.3, 0.4) is 0 Å². The molecule has 0 atom stereocenters. The lowest BCUT2D eigenvalue weighted by Crippen LogP contribution is -2.34. The maximum Gasteiger partial charge on any atom is 0.262 e. The summed E-state index contributed by atoms with van der Waals surface area (Å²) in [5.74, 6) is 0.510. The zero-order valence-corrected chi connectivity index (χ0v) is 14.9. The predicted molar refractivity (Wildman–Crippen MR) is 98.3 cm³/mol. The monoisotopic (exact) mass is 357 g/mol. The second-order valence-electron chi connectivity index (χ2n) is 5.65. The van der Waals surface area contributed by atoms with Crippen molar-refractivity contribution >= 4 is 27.5 Å². The Balaban J connectivity index is 1.58. The fraction of sp³-hybridized carbons (Fsp3) is 0.278. The number of thiophene rings is 1. The summed E-state index contributed by atoms with van der Waals surface area (Å²) in [7, 11) is 0. The Bertz CT molecular complexity index is 947. The van der Waals surface area contributed by atoms with Gasteiger partial charge in [-0.05, 0) is 31.5 Å². The van der Waals surface area contributed by atoms with Gasteiger partial charge in [-0.15, -0.1) is 11.3 Å². The third-order valence-corrected chi connectivity index (χ3v) is 5.02. The summed E-state index contributed by atoms with van der Waals surface area (Å²) >= 11 is 1.49. The Morgan fingerprint density at radius 2 is 2.04 bits per heavy atom. The van der Waals surface area contributed by atoms with Crippen LogP contribution in [-0.2, 0) is 11.3 Å². The van der Waals surface area contributed by atoms with E-state index in [2.05, 4.69) is 10.3 Å². The van der Waals surface area contributed by atoms with Gasteiger partial charge in [0.15, 0.2) is 0 Å². The molecule has 2 heterocycles. The van der Waals surface area contributed by atoms with Crippen LogP contribution in [0.2, 0.25) is 0 Å². The topological polar surface area (TPSA) is 73.2 Å². The van der Waals surface area contributed by atoms with E-state index >= 15 is 0 Å². The molecule has 1 amide bonds. The van der Waals surface area contributed by atoms with Crippen molar-refractivity contribution in [3.63, 3.8) is 0 Å². The Morgan fingerprint density at radius 3 is 2.80 bits per heavy atom. The number of carbonyl (C=O) groups is 1. The maximum absolute atomic E-state index is 12.5. The summed E-state index contributed by atoms with van der Waals surface area (Å²) in [4.78, 5) is 30.7. The van der Waals surface area contributed by atoms with Gasteiger partial charge in [0, 0.05) is 4.88 Å². The number of fused-ring (bicyclic) bond motifs is 1. The van der Waals surface area contributed by atoms with Crippen LogP contribution in [0.25, 0.3) is 10.2 Å². The summed E-state index contributed by atoms with van der Waals surface area (Å²) in [6.45, 7) is 4.55. The molecule has 0 bridgehead atoms. The number of hydrogen-bond donors (Lipinski definition) is 1. The lowest BCUT2D eigenvalue weighted by atomic mass is 10.2. The average molecular weight is 357 g/mol. The SMILES string of the molecule is Cc1sc2ncn(CC(=O)NCCOc3ccccc3)c(=O)c2c1C. The number of hydrogen-bond acceptors (Lipinski definition) is 5. The summed E-state index contributed by atoms with van der Waals surface area (Å²) in [5.41, 5.74) is 0.756. The number of aromatic nitrogens is 2. The zero-order chi connectivity index (χ0) is 17.8. The van der Waals surface area contributed by atoms with E-state index in [9.17, 15) is 9.59 Å². The third-order valence-electron chi connectivity index (χ3n) is 3.91. The van der Waals surface area contributed by atoms with Crippen LogP contribution in [0.1, 0.15) is 10.4 Å². The van der Waals surface area contributed by atoms with E-state index < -0.39 is 0 Å². The van der Waals surface area contributed by atoms with Crippen molar-refractivity contribution in [3.8, 4) is 5.75 Å². The number of nitrogens with one attached hydrogen (secondary N) is 1. The van der Waals surface area contributed by atoms with E-state index in [1.54, 1.807) is 0 Å². The van der Waals surface area contributed by atoms with Gasteiger partial charge in [-0.1, -0.05) is 18.2 Å². The van der Waals surface area contributed by atoms with E-state index in [4.69, 9.17) is 4.74 Å². The van der Waals surface area contributed by atoms with Gasteiger partial charge < -0.3 is 10.1 Å². The van der Waals surface area contributed by atoms with E-state index in [-0.39, 0.29) is 18.0 Å². The maximum atomic E-state index is 12.5. The van der Waals surface area contributed by atoms with Gasteiger partial charge in [-0.3, -0.25) is 14.2 Å². The largest absolute Gasteiger partial charge is 0.492 e. The first-order chi connectivity index (χ1) is 12.1. The van der Waals surface area contributed by atoms with Crippen molar-refractivity contribution in [2.24, 2.45) is 0 Å². The van der Waals surface area contributed by atoms with E-state index in [1.165, 1.54) is 22.2 Å². The van der Waals surface area contributed by atoms with Gasteiger partial charge in [0.25, 0.3) is 5.56 Å². The molecule has 130 valence electrons. The average Bonchev–Trinajstić information content (AvgIpc) is 2.90. The van der Waals surface area contributed by atoms with Crippen molar-refractivity contribution in [1.82, 2.24) is 14.9 Å². The molecule has 6 nitrogen and oxygen atoms in total. The molecule has 2 aromatic heterocycles. The third kappa shape index (κ3) is 3.88. The second-order valence-corrected chi connectivity index (χ2v) is 6.86. The number of nitrogens with zero attached hydrogens (tertiary/aromatic N) is 2. The minimum absolute atomic E-state index is 0.0541. The quantitative estimate of drug-likeness (QED) is 0.687. The number of carbonyl (C=O) groups excluding carboxylic acids is 1. The molecule has 0 fully saturated rings. The zero-order valence-electron chi connectivity index (χ0n) is 14.1. The molecule has 3 aromatic rings. The molecule has 3 rings (SSSR count). The summed E-state index contributed by atoms with van der Waals surface area (Å²) in [5, 5.41) is 3.35. The molecule has 1 N–H and O–H groups in total. The van der Waals surface area contributed by atoms with Gasteiger partial charge in [-0.25, -0.2) is 4.98 Å². The van der Waals surface area contributed by atoms with Gasteiger partial charge in [0.05, 0.1) is 18.3 Å². The van der Waals surface area contributed by atoms with Crippen molar-refractivity contribution in [3.05, 3.63) is 57.5 Å². The first kappa shape index (κ1) is 17.2. The first-order valence-corrected chi connectivity index (χ1v) is 8.77. The van der Waals surface area contributed by atoms with Gasteiger partial charge in [0.2, 0.25) is 5.91 Å². The fourth-order valence-electron chi connectivity index (χ4n) is 2.47. The van der Waals surface area contributed by atoms with Crippen molar-refractivity contribution in [2.45, 2.75) is 20.4 Å². The Morgan fingerprint density at radius 1 is 1.28 bits per heavy atom. The van der Waals surface area contributed by atoms with E-state index in [1.807, 2.05) is 44.2 Å².